The van der Waals surface area contributed by atoms with Crippen molar-refractivity contribution in [1.29, 1.82) is 5.26 Å². The zero-order valence-corrected chi connectivity index (χ0v) is 12.8. The van der Waals surface area contributed by atoms with E-state index in [2.05, 4.69) is 15.9 Å². The highest BCUT2D eigenvalue weighted by atomic mass is 79.9. The lowest BCUT2D eigenvalue weighted by molar-refractivity contribution is -0.137. The average molecular weight is 358 g/mol. The van der Waals surface area contributed by atoms with Gasteiger partial charge in [0.1, 0.15) is 11.9 Å². The molecule has 21 heavy (non-hydrogen) atoms. The van der Waals surface area contributed by atoms with Crippen molar-refractivity contribution in [2.45, 2.75) is 20.0 Å². The van der Waals surface area contributed by atoms with Crippen LogP contribution in [0.1, 0.15) is 22.4 Å². The zero-order chi connectivity index (χ0) is 15.9. The van der Waals surface area contributed by atoms with Crippen molar-refractivity contribution < 1.29 is 13.2 Å². The number of nitrogen functional groups attached to an aromatic ring is 1. The second kappa shape index (κ2) is 5.11. The fourth-order valence-electron chi connectivity index (χ4n) is 2.17. The van der Waals surface area contributed by atoms with Gasteiger partial charge in [-0.1, -0.05) is 15.9 Å². The molecule has 2 N–H and O–H groups in total. The van der Waals surface area contributed by atoms with Gasteiger partial charge in [-0.05, 0) is 37.6 Å². The monoisotopic (exact) mass is 357 g/mol. The molecule has 0 radical (unpaired) electrons. The molecule has 0 saturated heterocycles. The van der Waals surface area contributed by atoms with Crippen LogP contribution < -0.4 is 5.73 Å². The summed E-state index contributed by atoms with van der Waals surface area (Å²) in [5.74, 6) is 0.138. The molecular weight excluding hydrogens is 347 g/mol. The first-order chi connectivity index (χ1) is 9.66. The van der Waals surface area contributed by atoms with Crippen LogP contribution in [0.2, 0.25) is 0 Å². The summed E-state index contributed by atoms with van der Waals surface area (Å²) in [4.78, 5) is 0. The summed E-state index contributed by atoms with van der Waals surface area (Å²) in [6, 6.07) is 5.51. The first-order valence-corrected chi connectivity index (χ1v) is 6.71. The molecule has 0 aliphatic rings. The van der Waals surface area contributed by atoms with Gasteiger partial charge in [0.25, 0.3) is 0 Å². The molecule has 0 fully saturated rings. The quantitative estimate of drug-likeness (QED) is 0.825. The molecule has 0 saturated carbocycles. The first-order valence-electron chi connectivity index (χ1n) is 5.92. The molecule has 0 spiro atoms. The molecule has 110 valence electrons. The first kappa shape index (κ1) is 15.4. The van der Waals surface area contributed by atoms with E-state index < -0.39 is 11.7 Å². The molecule has 0 aliphatic heterocycles. The van der Waals surface area contributed by atoms with Gasteiger partial charge in [0.15, 0.2) is 0 Å². The summed E-state index contributed by atoms with van der Waals surface area (Å²) in [6.45, 7) is 3.42. The number of alkyl halides is 3. The Morgan fingerprint density at radius 3 is 2.33 bits per heavy atom. The van der Waals surface area contributed by atoms with Gasteiger partial charge >= 0.3 is 6.18 Å². The Morgan fingerprint density at radius 1 is 1.24 bits per heavy atom. The molecule has 0 amide bonds. The van der Waals surface area contributed by atoms with Gasteiger partial charge in [-0.2, -0.15) is 18.4 Å². The number of aromatic nitrogens is 1. The third-order valence-electron chi connectivity index (χ3n) is 3.33. The van der Waals surface area contributed by atoms with Crippen molar-refractivity contribution in [2.24, 2.45) is 0 Å². The average Bonchev–Trinajstić information content (AvgIpc) is 2.58. The number of rotatable bonds is 1. The van der Waals surface area contributed by atoms with Gasteiger partial charge in [0.05, 0.1) is 11.1 Å². The van der Waals surface area contributed by atoms with Gasteiger partial charge in [-0.15, -0.1) is 0 Å². The van der Waals surface area contributed by atoms with E-state index in [0.717, 1.165) is 12.1 Å². The van der Waals surface area contributed by atoms with E-state index in [4.69, 9.17) is 11.0 Å². The minimum atomic E-state index is -4.46. The summed E-state index contributed by atoms with van der Waals surface area (Å²) >= 11 is 3.08. The van der Waals surface area contributed by atoms with Crippen LogP contribution in [0, 0.1) is 25.2 Å². The molecular formula is C14H11BrF3N3. The summed E-state index contributed by atoms with van der Waals surface area (Å²) in [5.41, 5.74) is 6.95. The van der Waals surface area contributed by atoms with Gasteiger partial charge in [0.2, 0.25) is 0 Å². The van der Waals surface area contributed by atoms with Crippen LogP contribution in [-0.4, -0.2) is 4.57 Å². The third-order valence-corrected chi connectivity index (χ3v) is 3.79. The topological polar surface area (TPSA) is 54.7 Å². The van der Waals surface area contributed by atoms with Crippen LogP contribution in [0.25, 0.3) is 5.69 Å². The minimum Gasteiger partial charge on any atom is -0.384 e. The molecule has 0 atom stereocenters. The maximum atomic E-state index is 12.9. The molecule has 0 bridgehead atoms. The second-order valence-corrected chi connectivity index (χ2v) is 5.53. The van der Waals surface area contributed by atoms with E-state index in [9.17, 15) is 13.2 Å². The number of halogens is 4. The molecule has 2 rings (SSSR count). The fourth-order valence-corrected chi connectivity index (χ4v) is 2.66. The highest BCUT2D eigenvalue weighted by molar-refractivity contribution is 9.10. The SMILES string of the molecule is Cc1c(C#N)c(N)n(-c2cc(Br)cc(C(F)(F)F)c2)c1C. The number of anilines is 1. The van der Waals surface area contributed by atoms with Gasteiger partial charge in [-0.3, -0.25) is 4.57 Å². The van der Waals surface area contributed by atoms with Crippen LogP contribution in [-0.2, 0) is 6.18 Å². The standard InChI is InChI=1S/C14H11BrF3N3/c1-7-8(2)21(13(20)12(7)6-19)11-4-9(14(16,17)18)3-10(15)5-11/h3-5H,20H2,1-2H3. The lowest BCUT2D eigenvalue weighted by Gasteiger charge is -2.13. The molecule has 7 heteroatoms. The van der Waals surface area contributed by atoms with Crippen molar-refractivity contribution in [2.75, 3.05) is 5.73 Å². The number of hydrogen-bond donors (Lipinski definition) is 1. The van der Waals surface area contributed by atoms with Gasteiger partial charge < -0.3 is 5.73 Å². The van der Waals surface area contributed by atoms with Gasteiger partial charge in [0, 0.05) is 15.9 Å². The smallest absolute Gasteiger partial charge is 0.384 e. The predicted molar refractivity (Wildman–Crippen MR) is 77.1 cm³/mol. The molecule has 1 aromatic carbocycles. The van der Waals surface area contributed by atoms with Crippen molar-refractivity contribution in [1.82, 2.24) is 4.57 Å². The van der Waals surface area contributed by atoms with E-state index in [0.29, 0.717) is 11.3 Å². The fraction of sp³-hybridized carbons (Fsp3) is 0.214. The minimum absolute atomic E-state index is 0.138. The highest BCUT2D eigenvalue weighted by Gasteiger charge is 2.31. The Bertz CT molecular complexity index is 754. The second-order valence-electron chi connectivity index (χ2n) is 4.61. The Labute approximate surface area is 127 Å². The normalized spacial score (nSPS) is 11.5. The molecule has 0 unspecified atom stereocenters. The van der Waals surface area contributed by atoms with Crippen LogP contribution in [0.15, 0.2) is 22.7 Å². The van der Waals surface area contributed by atoms with Crippen molar-refractivity contribution >= 4 is 21.7 Å². The van der Waals surface area contributed by atoms with E-state index in [-0.39, 0.29) is 21.5 Å². The summed E-state index contributed by atoms with van der Waals surface area (Å²) in [7, 11) is 0. The van der Waals surface area contributed by atoms with E-state index in [1.165, 1.54) is 10.6 Å². The van der Waals surface area contributed by atoms with Crippen LogP contribution in [0.3, 0.4) is 0 Å². The summed E-state index contributed by atoms with van der Waals surface area (Å²) < 4.78 is 40.4. The predicted octanol–water partition coefficient (Wildman–Crippen LogP) is 4.33. The van der Waals surface area contributed by atoms with Crippen LogP contribution in [0.4, 0.5) is 19.0 Å². The Hall–Kier alpha value is -1.94. The van der Waals surface area contributed by atoms with Crippen molar-refractivity contribution in [3.8, 4) is 11.8 Å². The number of nitrogens with zero attached hydrogens (tertiary/aromatic N) is 2. The molecule has 0 aliphatic carbocycles. The number of hydrogen-bond acceptors (Lipinski definition) is 2. The lowest BCUT2D eigenvalue weighted by atomic mass is 10.2. The maximum Gasteiger partial charge on any atom is 0.416 e. The molecule has 1 heterocycles. The number of nitrogens with two attached hydrogens (primary N) is 1. The lowest BCUT2D eigenvalue weighted by Crippen LogP contribution is -2.08. The van der Waals surface area contributed by atoms with Crippen molar-refractivity contribution in [3.05, 3.63) is 45.1 Å². The Kier molecular flexibility index (Phi) is 3.76. The number of benzene rings is 1. The highest BCUT2D eigenvalue weighted by Crippen LogP contribution is 2.35. The van der Waals surface area contributed by atoms with Crippen LogP contribution in [0.5, 0.6) is 0 Å². The van der Waals surface area contributed by atoms with Gasteiger partial charge in [-0.25, -0.2) is 0 Å². The molecule has 2 aromatic rings. The van der Waals surface area contributed by atoms with E-state index in [1.807, 2.05) is 6.07 Å². The molecule has 1 aromatic heterocycles. The summed E-state index contributed by atoms with van der Waals surface area (Å²) in [5, 5.41) is 9.09. The van der Waals surface area contributed by atoms with E-state index in [1.54, 1.807) is 13.8 Å². The van der Waals surface area contributed by atoms with Crippen molar-refractivity contribution in [3.63, 3.8) is 0 Å². The maximum absolute atomic E-state index is 12.9. The zero-order valence-electron chi connectivity index (χ0n) is 11.2. The largest absolute Gasteiger partial charge is 0.416 e. The summed E-state index contributed by atoms with van der Waals surface area (Å²) in [6.07, 6.45) is -4.46. The Morgan fingerprint density at radius 2 is 1.86 bits per heavy atom. The van der Waals surface area contributed by atoms with Crippen LogP contribution >= 0.6 is 15.9 Å². The number of nitriles is 1. The molecule has 3 nitrogen and oxygen atoms in total. The van der Waals surface area contributed by atoms with E-state index >= 15 is 0 Å². The Balaban J connectivity index is 2.75. The third kappa shape index (κ3) is 2.63.